The summed E-state index contributed by atoms with van der Waals surface area (Å²) in [5.41, 5.74) is 8.38. The molecular weight excluding hydrogens is 408 g/mol. The number of nitrogen functional groups attached to an aromatic ring is 1. The van der Waals surface area contributed by atoms with Crippen LogP contribution in [0, 0.1) is 5.92 Å². The average molecular weight is 435 g/mol. The molecule has 10 nitrogen and oxygen atoms in total. The lowest BCUT2D eigenvalue weighted by Crippen LogP contribution is -2.31. The Labute approximate surface area is 185 Å². The van der Waals surface area contributed by atoms with Crippen LogP contribution in [0.2, 0.25) is 0 Å². The second-order valence-electron chi connectivity index (χ2n) is 8.03. The lowest BCUT2D eigenvalue weighted by Gasteiger charge is -2.30. The third-order valence-electron chi connectivity index (χ3n) is 5.78. The van der Waals surface area contributed by atoms with Crippen molar-refractivity contribution in [2.75, 3.05) is 19.5 Å². The molecule has 0 fully saturated rings. The molecule has 0 saturated carbocycles. The predicted octanol–water partition coefficient (Wildman–Crippen LogP) is 2.98. The normalized spacial score (nSPS) is 13.4. The number of nitrogens with two attached hydrogens (primary N) is 1. The number of anilines is 1. The highest BCUT2D eigenvalue weighted by Gasteiger charge is 2.38. The maximum Gasteiger partial charge on any atom is 0.261 e. The molecule has 0 aliphatic heterocycles. The Morgan fingerprint density at radius 2 is 1.88 bits per heavy atom. The number of hydrogen-bond acceptors (Lipinski definition) is 9. The van der Waals surface area contributed by atoms with Crippen molar-refractivity contribution in [3.05, 3.63) is 54.5 Å². The van der Waals surface area contributed by atoms with Gasteiger partial charge in [-0.3, -0.25) is 9.67 Å². The Kier molecular flexibility index (Phi) is 5.95. The van der Waals surface area contributed by atoms with Crippen LogP contribution < -0.4 is 5.73 Å². The molecule has 10 heteroatoms. The van der Waals surface area contributed by atoms with Crippen molar-refractivity contribution in [3.8, 4) is 22.7 Å². The van der Waals surface area contributed by atoms with Crippen LogP contribution in [-0.2, 0) is 16.7 Å². The Balaban J connectivity index is 1.63. The first kappa shape index (κ1) is 21.6. The van der Waals surface area contributed by atoms with Crippen molar-refractivity contribution in [2.45, 2.75) is 32.7 Å². The van der Waals surface area contributed by atoms with Crippen LogP contribution >= 0.6 is 0 Å². The molecule has 0 saturated heterocycles. The zero-order chi connectivity index (χ0) is 22.7. The van der Waals surface area contributed by atoms with E-state index >= 15 is 0 Å². The summed E-state index contributed by atoms with van der Waals surface area (Å²) in [4.78, 5) is 17.4. The minimum atomic E-state index is -0.503. The van der Waals surface area contributed by atoms with E-state index in [4.69, 9.17) is 20.0 Å². The number of ether oxygens (including phenoxy) is 1. The number of aromatic nitrogens is 7. The first-order valence-electron chi connectivity index (χ1n) is 10.3. The SMILES string of the molecule is COCCn1cc(-c2nc([C@](C)(c3ccc(-c4cnc(N)nc4)nc3)C(C)C)no2)cn1. The van der Waals surface area contributed by atoms with Crippen molar-refractivity contribution >= 4 is 5.95 Å². The van der Waals surface area contributed by atoms with Gasteiger partial charge in [-0.1, -0.05) is 25.1 Å². The van der Waals surface area contributed by atoms with Crippen LogP contribution in [0.4, 0.5) is 5.95 Å². The topological polar surface area (TPSA) is 131 Å². The molecule has 4 aromatic heterocycles. The molecule has 4 aromatic rings. The van der Waals surface area contributed by atoms with Crippen LogP contribution in [0.25, 0.3) is 22.7 Å². The van der Waals surface area contributed by atoms with E-state index in [0.29, 0.717) is 24.9 Å². The number of methoxy groups -OCH3 is 1. The fraction of sp³-hybridized carbons (Fsp3) is 0.364. The van der Waals surface area contributed by atoms with E-state index in [0.717, 1.165) is 22.4 Å². The number of pyridine rings is 1. The third-order valence-corrected chi connectivity index (χ3v) is 5.78. The summed E-state index contributed by atoms with van der Waals surface area (Å²) in [6.45, 7) is 7.57. The fourth-order valence-corrected chi connectivity index (χ4v) is 3.40. The van der Waals surface area contributed by atoms with E-state index in [1.165, 1.54) is 0 Å². The van der Waals surface area contributed by atoms with Crippen molar-refractivity contribution in [2.24, 2.45) is 5.92 Å². The molecule has 0 amide bonds. The molecule has 0 aliphatic rings. The van der Waals surface area contributed by atoms with Crippen LogP contribution in [0.15, 0.2) is 47.6 Å². The Hall–Kier alpha value is -3.66. The van der Waals surface area contributed by atoms with Gasteiger partial charge in [0.1, 0.15) is 0 Å². The van der Waals surface area contributed by atoms with Gasteiger partial charge >= 0.3 is 0 Å². The van der Waals surface area contributed by atoms with E-state index in [2.05, 4.69) is 46.0 Å². The smallest absolute Gasteiger partial charge is 0.261 e. The molecule has 1 atom stereocenters. The summed E-state index contributed by atoms with van der Waals surface area (Å²) >= 11 is 0. The number of nitrogens with zero attached hydrogens (tertiary/aromatic N) is 7. The summed E-state index contributed by atoms with van der Waals surface area (Å²) < 4.78 is 12.5. The van der Waals surface area contributed by atoms with Crippen molar-refractivity contribution in [1.82, 2.24) is 34.9 Å². The second kappa shape index (κ2) is 8.83. The molecule has 0 aliphatic carbocycles. The summed E-state index contributed by atoms with van der Waals surface area (Å²) in [5.74, 6) is 1.44. The molecular formula is C22H26N8O2. The van der Waals surface area contributed by atoms with Crippen LogP contribution in [0.3, 0.4) is 0 Å². The lowest BCUT2D eigenvalue weighted by atomic mass is 9.73. The summed E-state index contributed by atoms with van der Waals surface area (Å²) in [5, 5.41) is 8.63. The van der Waals surface area contributed by atoms with Gasteiger partial charge in [0.25, 0.3) is 5.89 Å². The Morgan fingerprint density at radius 1 is 1.09 bits per heavy atom. The van der Waals surface area contributed by atoms with Gasteiger partial charge in [-0.05, 0) is 24.5 Å². The lowest BCUT2D eigenvalue weighted by molar-refractivity contribution is 0.183. The van der Waals surface area contributed by atoms with Gasteiger partial charge in [-0.25, -0.2) is 9.97 Å². The first-order valence-corrected chi connectivity index (χ1v) is 10.3. The zero-order valence-corrected chi connectivity index (χ0v) is 18.6. The molecule has 0 bridgehead atoms. The summed E-state index contributed by atoms with van der Waals surface area (Å²) in [6, 6.07) is 3.96. The molecule has 4 rings (SSSR count). The third kappa shape index (κ3) is 4.09. The van der Waals surface area contributed by atoms with Gasteiger partial charge < -0.3 is 15.0 Å². The summed E-state index contributed by atoms with van der Waals surface area (Å²) in [7, 11) is 1.66. The predicted molar refractivity (Wildman–Crippen MR) is 118 cm³/mol. The first-order chi connectivity index (χ1) is 15.4. The molecule has 166 valence electrons. The highest BCUT2D eigenvalue weighted by atomic mass is 16.5. The molecule has 32 heavy (non-hydrogen) atoms. The highest BCUT2D eigenvalue weighted by molar-refractivity contribution is 5.58. The van der Waals surface area contributed by atoms with E-state index in [1.54, 1.807) is 30.4 Å². The van der Waals surface area contributed by atoms with Gasteiger partial charge in [0, 0.05) is 37.5 Å². The van der Waals surface area contributed by atoms with Crippen molar-refractivity contribution in [3.63, 3.8) is 0 Å². The molecule has 0 spiro atoms. The van der Waals surface area contributed by atoms with E-state index < -0.39 is 5.41 Å². The Morgan fingerprint density at radius 3 is 2.53 bits per heavy atom. The molecule has 0 radical (unpaired) electrons. The van der Waals surface area contributed by atoms with Gasteiger partial charge in [-0.15, -0.1) is 0 Å². The average Bonchev–Trinajstić information content (AvgIpc) is 3.47. The van der Waals surface area contributed by atoms with Crippen LogP contribution in [-0.4, -0.2) is 48.6 Å². The van der Waals surface area contributed by atoms with Gasteiger partial charge in [-0.2, -0.15) is 10.1 Å². The van der Waals surface area contributed by atoms with Gasteiger partial charge in [0.15, 0.2) is 5.82 Å². The molecule has 0 unspecified atom stereocenters. The maximum absolute atomic E-state index is 5.60. The fourth-order valence-electron chi connectivity index (χ4n) is 3.40. The highest BCUT2D eigenvalue weighted by Crippen LogP contribution is 2.38. The van der Waals surface area contributed by atoms with Gasteiger partial charge in [0.05, 0.1) is 36.0 Å². The van der Waals surface area contributed by atoms with Crippen LogP contribution in [0.1, 0.15) is 32.2 Å². The monoisotopic (exact) mass is 434 g/mol. The minimum Gasteiger partial charge on any atom is -0.383 e. The number of hydrogen-bond donors (Lipinski definition) is 1. The largest absolute Gasteiger partial charge is 0.383 e. The van der Waals surface area contributed by atoms with Gasteiger partial charge in [0.2, 0.25) is 5.95 Å². The van der Waals surface area contributed by atoms with E-state index in [9.17, 15) is 0 Å². The minimum absolute atomic E-state index is 0.185. The molecule has 0 aromatic carbocycles. The summed E-state index contributed by atoms with van der Waals surface area (Å²) in [6.07, 6.45) is 8.73. The molecule has 2 N–H and O–H groups in total. The molecule has 4 heterocycles. The zero-order valence-electron chi connectivity index (χ0n) is 18.6. The standard InChI is InChI=1S/C22H26N8O2/c1-14(2)22(3,17-5-6-18(24-12-17)15-9-25-21(23)26-10-15)20-28-19(32-29-20)16-11-27-30(13-16)7-8-31-4/h5-6,9-14H,7-8H2,1-4H3,(H2,23,25,26)/t22-/m0/s1. The second-order valence-corrected chi connectivity index (χ2v) is 8.03. The quantitative estimate of drug-likeness (QED) is 0.444. The van der Waals surface area contributed by atoms with E-state index in [1.807, 2.05) is 24.5 Å². The van der Waals surface area contributed by atoms with E-state index in [-0.39, 0.29) is 11.9 Å². The number of rotatable bonds is 8. The Bertz CT molecular complexity index is 1170. The maximum atomic E-state index is 5.60. The van der Waals surface area contributed by atoms with Crippen LogP contribution in [0.5, 0.6) is 0 Å². The van der Waals surface area contributed by atoms with Crippen molar-refractivity contribution in [1.29, 1.82) is 0 Å². The van der Waals surface area contributed by atoms with Crippen molar-refractivity contribution < 1.29 is 9.26 Å².